The molecule has 4 rings (SSSR count). The summed E-state index contributed by atoms with van der Waals surface area (Å²) in [6, 6.07) is 16.5. The molecule has 0 unspecified atom stereocenters. The zero-order valence-electron chi connectivity index (χ0n) is 16.9. The van der Waals surface area contributed by atoms with Crippen LogP contribution in [0, 0.1) is 0 Å². The van der Waals surface area contributed by atoms with E-state index in [1.54, 1.807) is 7.11 Å². The van der Waals surface area contributed by atoms with Gasteiger partial charge in [0.1, 0.15) is 5.75 Å². The van der Waals surface area contributed by atoms with Crippen LogP contribution in [0.25, 0.3) is 0 Å². The lowest BCUT2D eigenvalue weighted by molar-refractivity contribution is -0.130. The third kappa shape index (κ3) is 3.95. The Morgan fingerprint density at radius 1 is 1.00 bits per heavy atom. The van der Waals surface area contributed by atoms with Gasteiger partial charge in [-0.3, -0.25) is 4.79 Å². The van der Waals surface area contributed by atoms with Crippen LogP contribution in [0.2, 0.25) is 0 Å². The Kier molecular flexibility index (Phi) is 5.98. The molecule has 2 aromatic carbocycles. The molecule has 4 nitrogen and oxygen atoms in total. The van der Waals surface area contributed by atoms with Crippen LogP contribution < -0.4 is 10.1 Å². The molecule has 29 heavy (non-hydrogen) atoms. The van der Waals surface area contributed by atoms with Crippen LogP contribution in [0.5, 0.6) is 5.75 Å². The lowest BCUT2D eigenvalue weighted by atomic mass is 9.63. The van der Waals surface area contributed by atoms with Crippen LogP contribution in [0.15, 0.2) is 53.0 Å². The van der Waals surface area contributed by atoms with Gasteiger partial charge in [-0.25, -0.2) is 0 Å². The lowest BCUT2D eigenvalue weighted by Gasteiger charge is -2.43. The maximum absolute atomic E-state index is 13.4. The van der Waals surface area contributed by atoms with E-state index >= 15 is 0 Å². The highest BCUT2D eigenvalue weighted by Gasteiger charge is 2.46. The summed E-state index contributed by atoms with van der Waals surface area (Å²) >= 11 is 3.49. The second-order valence-corrected chi connectivity index (χ2v) is 9.16. The third-order valence-electron chi connectivity index (χ3n) is 6.78. The molecule has 0 radical (unpaired) electrons. The Morgan fingerprint density at radius 2 is 1.62 bits per heavy atom. The summed E-state index contributed by atoms with van der Waals surface area (Å²) in [5.41, 5.74) is 1.89. The molecule has 0 bridgehead atoms. The highest BCUT2D eigenvalue weighted by atomic mass is 79.9. The number of ether oxygens (including phenoxy) is 2. The molecule has 1 N–H and O–H groups in total. The molecule has 0 aromatic heterocycles. The van der Waals surface area contributed by atoms with Gasteiger partial charge in [-0.2, -0.15) is 0 Å². The molecular formula is C24H28BrNO3. The van der Waals surface area contributed by atoms with E-state index in [0.29, 0.717) is 6.54 Å². The molecule has 1 saturated heterocycles. The minimum atomic E-state index is -0.382. The van der Waals surface area contributed by atoms with E-state index in [-0.39, 0.29) is 16.7 Å². The first kappa shape index (κ1) is 20.4. The quantitative estimate of drug-likeness (QED) is 0.680. The molecule has 1 amide bonds. The van der Waals surface area contributed by atoms with Crippen molar-refractivity contribution >= 4 is 21.8 Å². The van der Waals surface area contributed by atoms with E-state index in [2.05, 4.69) is 45.5 Å². The Bertz CT molecular complexity index is 837. The van der Waals surface area contributed by atoms with Gasteiger partial charge in [0.25, 0.3) is 0 Å². The van der Waals surface area contributed by atoms with Crippen molar-refractivity contribution in [2.75, 3.05) is 26.9 Å². The first-order valence-electron chi connectivity index (χ1n) is 10.3. The zero-order chi connectivity index (χ0) is 20.3. The van der Waals surface area contributed by atoms with E-state index < -0.39 is 0 Å². The first-order valence-corrected chi connectivity index (χ1v) is 11.1. The fourth-order valence-corrected chi connectivity index (χ4v) is 4.90. The van der Waals surface area contributed by atoms with Gasteiger partial charge in [0.05, 0.1) is 12.5 Å². The van der Waals surface area contributed by atoms with Crippen molar-refractivity contribution in [3.8, 4) is 5.75 Å². The second kappa shape index (κ2) is 8.49. The molecule has 2 aliphatic rings. The molecule has 1 aliphatic carbocycles. The summed E-state index contributed by atoms with van der Waals surface area (Å²) in [5, 5.41) is 3.34. The number of hydrogen-bond donors (Lipinski definition) is 1. The van der Waals surface area contributed by atoms with Crippen LogP contribution in [-0.2, 0) is 20.4 Å². The van der Waals surface area contributed by atoms with Crippen molar-refractivity contribution < 1.29 is 14.3 Å². The molecule has 1 saturated carbocycles. The zero-order valence-corrected chi connectivity index (χ0v) is 18.5. The molecular weight excluding hydrogens is 430 g/mol. The second-order valence-electron chi connectivity index (χ2n) is 8.25. The molecule has 0 atom stereocenters. The lowest BCUT2D eigenvalue weighted by Crippen LogP contribution is -2.53. The van der Waals surface area contributed by atoms with E-state index in [1.165, 1.54) is 5.56 Å². The Labute approximate surface area is 181 Å². The summed E-state index contributed by atoms with van der Waals surface area (Å²) in [5.74, 6) is 1.01. The number of halogens is 1. The number of benzene rings is 2. The number of methoxy groups -OCH3 is 1. The molecule has 1 aliphatic heterocycles. The monoisotopic (exact) mass is 457 g/mol. The number of amides is 1. The average Bonchev–Trinajstić information content (AvgIpc) is 2.73. The summed E-state index contributed by atoms with van der Waals surface area (Å²) in [7, 11) is 1.68. The summed E-state index contributed by atoms with van der Waals surface area (Å²) < 4.78 is 12.0. The maximum atomic E-state index is 13.4. The van der Waals surface area contributed by atoms with Gasteiger partial charge in [0.15, 0.2) is 0 Å². The summed E-state index contributed by atoms with van der Waals surface area (Å²) in [4.78, 5) is 13.4. The van der Waals surface area contributed by atoms with Gasteiger partial charge in [-0.15, -0.1) is 0 Å². The van der Waals surface area contributed by atoms with Crippen LogP contribution >= 0.6 is 15.9 Å². The summed E-state index contributed by atoms with van der Waals surface area (Å²) in [6.07, 6.45) is 4.74. The Balaban J connectivity index is 1.53. The number of carbonyl (C=O) groups excluding carboxylic acids is 1. The van der Waals surface area contributed by atoms with Crippen molar-refractivity contribution in [3.63, 3.8) is 0 Å². The highest BCUT2D eigenvalue weighted by molar-refractivity contribution is 9.10. The largest absolute Gasteiger partial charge is 0.497 e. The van der Waals surface area contributed by atoms with Crippen molar-refractivity contribution in [1.29, 1.82) is 0 Å². The smallest absolute Gasteiger partial charge is 0.230 e. The van der Waals surface area contributed by atoms with Gasteiger partial charge in [0, 0.05) is 29.6 Å². The van der Waals surface area contributed by atoms with Crippen molar-refractivity contribution in [1.82, 2.24) is 5.32 Å². The van der Waals surface area contributed by atoms with E-state index in [4.69, 9.17) is 9.47 Å². The maximum Gasteiger partial charge on any atom is 0.230 e. The van der Waals surface area contributed by atoms with E-state index in [0.717, 1.165) is 61.1 Å². The Morgan fingerprint density at radius 3 is 2.17 bits per heavy atom. The predicted octanol–water partition coefficient (Wildman–Crippen LogP) is 4.74. The Hall–Kier alpha value is -1.85. The van der Waals surface area contributed by atoms with Crippen LogP contribution in [-0.4, -0.2) is 32.8 Å². The minimum absolute atomic E-state index is 0.0924. The normalized spacial score (nSPS) is 19.8. The average molecular weight is 458 g/mol. The first-order chi connectivity index (χ1) is 14.1. The topological polar surface area (TPSA) is 47.6 Å². The highest BCUT2D eigenvalue weighted by Crippen LogP contribution is 2.44. The fourth-order valence-electron chi connectivity index (χ4n) is 4.64. The van der Waals surface area contributed by atoms with Crippen LogP contribution in [0.1, 0.15) is 43.2 Å². The van der Waals surface area contributed by atoms with E-state index in [9.17, 15) is 4.79 Å². The molecule has 0 spiro atoms. The van der Waals surface area contributed by atoms with Crippen LogP contribution in [0.3, 0.4) is 0 Å². The van der Waals surface area contributed by atoms with E-state index in [1.807, 2.05) is 24.3 Å². The third-order valence-corrected chi connectivity index (χ3v) is 7.31. The number of nitrogens with one attached hydrogen (secondary N) is 1. The number of rotatable bonds is 6. The van der Waals surface area contributed by atoms with Crippen molar-refractivity contribution in [3.05, 3.63) is 64.1 Å². The molecule has 1 heterocycles. The van der Waals surface area contributed by atoms with Gasteiger partial charge in [0.2, 0.25) is 5.91 Å². The number of hydrogen-bond acceptors (Lipinski definition) is 3. The predicted molar refractivity (Wildman–Crippen MR) is 117 cm³/mol. The van der Waals surface area contributed by atoms with Gasteiger partial charge < -0.3 is 14.8 Å². The van der Waals surface area contributed by atoms with Crippen molar-refractivity contribution in [2.24, 2.45) is 0 Å². The molecule has 5 heteroatoms. The standard InChI is InChI=1S/C24H28BrNO3/c1-28-21-9-5-18(6-10-21)23(13-15-29-16-14-23)17-26-22(27)24(11-2-12-24)19-3-7-20(25)8-4-19/h3-10H,2,11-17H2,1H3,(H,26,27). The SMILES string of the molecule is COc1ccc(C2(CNC(=O)C3(c4ccc(Br)cc4)CCC3)CCOCC2)cc1. The number of carbonyl (C=O) groups is 1. The van der Waals surface area contributed by atoms with Crippen LogP contribution in [0.4, 0.5) is 0 Å². The summed E-state index contributed by atoms with van der Waals surface area (Å²) in [6.45, 7) is 2.08. The van der Waals surface area contributed by atoms with Gasteiger partial charge in [-0.1, -0.05) is 46.6 Å². The van der Waals surface area contributed by atoms with Gasteiger partial charge in [-0.05, 0) is 61.1 Å². The van der Waals surface area contributed by atoms with Gasteiger partial charge >= 0.3 is 0 Å². The fraction of sp³-hybridized carbons (Fsp3) is 0.458. The van der Waals surface area contributed by atoms with Crippen molar-refractivity contribution in [2.45, 2.75) is 42.9 Å². The molecule has 2 fully saturated rings. The minimum Gasteiger partial charge on any atom is -0.497 e. The molecule has 154 valence electrons. The molecule has 2 aromatic rings.